The lowest BCUT2D eigenvalue weighted by Gasteiger charge is -2.10. The smallest absolute Gasteiger partial charge is 0.416 e. The third-order valence-corrected chi connectivity index (χ3v) is 7.84. The van der Waals surface area contributed by atoms with Gasteiger partial charge in [0.15, 0.2) is 0 Å². The number of pyridine rings is 1. The van der Waals surface area contributed by atoms with E-state index in [-0.39, 0.29) is 17.2 Å². The molecular formula is C30H26F3N5O3S. The van der Waals surface area contributed by atoms with E-state index in [4.69, 9.17) is 4.98 Å². The number of nitrogens with one attached hydrogen (secondary N) is 3. The Hall–Kier alpha value is -4.68. The number of phenols is 1. The fourth-order valence-electron chi connectivity index (χ4n) is 4.28. The van der Waals surface area contributed by atoms with Crippen LogP contribution in [0.4, 0.5) is 19.0 Å². The molecule has 0 aliphatic heterocycles. The second-order valence-corrected chi connectivity index (χ2v) is 11.1. The van der Waals surface area contributed by atoms with Crippen LogP contribution in [0.2, 0.25) is 0 Å². The summed E-state index contributed by atoms with van der Waals surface area (Å²) in [5.41, 5.74) is 2.89. The first-order chi connectivity index (χ1) is 20.1. The molecule has 3 aromatic carbocycles. The van der Waals surface area contributed by atoms with E-state index in [9.17, 15) is 26.7 Å². The quantitative estimate of drug-likeness (QED) is 0.141. The number of hydrogen-bond donors (Lipinski definition) is 4. The zero-order valence-electron chi connectivity index (χ0n) is 22.1. The minimum absolute atomic E-state index is 0.0681. The number of hydrogen-bond acceptors (Lipinski definition) is 6. The maximum absolute atomic E-state index is 12.8. The Bertz CT molecular complexity index is 1770. The Kier molecular flexibility index (Phi) is 8.27. The van der Waals surface area contributed by atoms with Gasteiger partial charge in [0.2, 0.25) is 10.0 Å². The molecule has 8 nitrogen and oxygen atoms in total. The third kappa shape index (κ3) is 6.78. The van der Waals surface area contributed by atoms with Gasteiger partial charge in [0.05, 0.1) is 21.8 Å². The molecule has 5 aromatic rings. The van der Waals surface area contributed by atoms with Gasteiger partial charge < -0.3 is 15.4 Å². The molecule has 0 spiro atoms. The summed E-state index contributed by atoms with van der Waals surface area (Å²) in [5.74, 6) is 1.33. The van der Waals surface area contributed by atoms with Crippen molar-refractivity contribution in [1.82, 2.24) is 19.7 Å². The van der Waals surface area contributed by atoms with Gasteiger partial charge in [-0.15, -0.1) is 0 Å². The molecule has 0 saturated heterocycles. The molecule has 0 saturated carbocycles. The topological polar surface area (TPSA) is 120 Å². The monoisotopic (exact) mass is 593 g/mol. The van der Waals surface area contributed by atoms with Gasteiger partial charge in [-0.1, -0.05) is 42.5 Å². The number of aromatic nitrogens is 3. The van der Waals surface area contributed by atoms with Gasteiger partial charge in [0.1, 0.15) is 17.4 Å². The molecule has 0 atom stereocenters. The Morgan fingerprint density at radius 3 is 2.29 bits per heavy atom. The zero-order valence-corrected chi connectivity index (χ0v) is 22.9. The summed E-state index contributed by atoms with van der Waals surface area (Å²) in [5, 5.41) is 13.2. The van der Waals surface area contributed by atoms with Gasteiger partial charge in [-0.2, -0.15) is 13.2 Å². The van der Waals surface area contributed by atoms with Crippen molar-refractivity contribution in [1.29, 1.82) is 0 Å². The van der Waals surface area contributed by atoms with Crippen molar-refractivity contribution in [2.75, 3.05) is 18.4 Å². The Labute approximate surface area is 240 Å². The van der Waals surface area contributed by atoms with E-state index in [0.717, 1.165) is 46.6 Å². The van der Waals surface area contributed by atoms with Crippen molar-refractivity contribution in [3.8, 4) is 39.7 Å². The average molecular weight is 594 g/mol. The molecule has 0 aliphatic rings. The second-order valence-electron chi connectivity index (χ2n) is 9.36. The Morgan fingerprint density at radius 1 is 0.833 bits per heavy atom. The number of halogens is 3. The van der Waals surface area contributed by atoms with Crippen LogP contribution >= 0.6 is 0 Å². The predicted molar refractivity (Wildman–Crippen MR) is 154 cm³/mol. The molecule has 0 fully saturated rings. The standard InChI is InChI=1S/C30H26F3N5O3S/c31-30(32,33)23-10-12-25(13-11-23)42(40,41)36-16-5-15-34-26-19-22(14-17-35-26)28-27(21-8-4-9-24(39)18-21)37-29(38-28)20-6-2-1-3-7-20/h1-4,6-14,17-19,36,39H,5,15-16H2,(H,34,35)(H,37,38). The van der Waals surface area contributed by atoms with Gasteiger partial charge in [-0.3, -0.25) is 0 Å². The average Bonchev–Trinajstić information content (AvgIpc) is 3.43. The van der Waals surface area contributed by atoms with Crippen molar-refractivity contribution < 1.29 is 26.7 Å². The van der Waals surface area contributed by atoms with E-state index in [1.807, 2.05) is 48.5 Å². The van der Waals surface area contributed by atoms with Gasteiger partial charge >= 0.3 is 6.18 Å². The minimum Gasteiger partial charge on any atom is -0.508 e. The zero-order chi connectivity index (χ0) is 29.7. The van der Waals surface area contributed by atoms with Crippen LogP contribution in [0, 0.1) is 0 Å². The van der Waals surface area contributed by atoms with Crippen LogP contribution in [0.15, 0.2) is 102 Å². The van der Waals surface area contributed by atoms with Crippen molar-refractivity contribution in [2.24, 2.45) is 0 Å². The molecule has 2 heterocycles. The number of nitrogens with zero attached hydrogens (tertiary/aromatic N) is 2. The first kappa shape index (κ1) is 28.8. The van der Waals surface area contributed by atoms with Crippen LogP contribution in [0.1, 0.15) is 12.0 Å². The molecule has 0 aliphatic carbocycles. The maximum atomic E-state index is 12.8. The van der Waals surface area contributed by atoms with Crippen molar-refractivity contribution in [3.63, 3.8) is 0 Å². The van der Waals surface area contributed by atoms with Crippen molar-refractivity contribution >= 4 is 15.8 Å². The number of sulfonamides is 1. The molecule has 216 valence electrons. The highest BCUT2D eigenvalue weighted by molar-refractivity contribution is 7.89. The predicted octanol–water partition coefficient (Wildman–Crippen LogP) is 6.31. The molecule has 42 heavy (non-hydrogen) atoms. The van der Waals surface area contributed by atoms with E-state index < -0.39 is 21.8 Å². The van der Waals surface area contributed by atoms with Gasteiger partial charge in [0.25, 0.3) is 0 Å². The normalized spacial score (nSPS) is 11.9. The van der Waals surface area contributed by atoms with Crippen molar-refractivity contribution in [2.45, 2.75) is 17.5 Å². The second kappa shape index (κ2) is 12.0. The SMILES string of the molecule is O=S(=O)(NCCCNc1cc(-c2[nH]c(-c3ccccc3)nc2-c2cccc(O)c2)ccn1)c1ccc(C(F)(F)F)cc1. The number of aromatic amines is 1. The lowest BCUT2D eigenvalue weighted by molar-refractivity contribution is -0.137. The van der Waals surface area contributed by atoms with Crippen LogP contribution in [-0.4, -0.2) is 41.6 Å². The van der Waals surface area contributed by atoms with E-state index in [1.54, 1.807) is 24.4 Å². The summed E-state index contributed by atoms with van der Waals surface area (Å²) in [6.07, 6.45) is -2.51. The van der Waals surface area contributed by atoms with Crippen molar-refractivity contribution in [3.05, 3.63) is 103 Å². The number of aromatic hydroxyl groups is 1. The number of phenolic OH excluding ortho intramolecular Hbond substituents is 1. The first-order valence-corrected chi connectivity index (χ1v) is 14.4. The largest absolute Gasteiger partial charge is 0.508 e. The highest BCUT2D eigenvalue weighted by Gasteiger charge is 2.30. The highest BCUT2D eigenvalue weighted by Crippen LogP contribution is 2.35. The number of imidazole rings is 1. The molecule has 12 heteroatoms. The molecule has 2 aromatic heterocycles. The summed E-state index contributed by atoms with van der Waals surface area (Å²) in [7, 11) is -3.95. The summed E-state index contributed by atoms with van der Waals surface area (Å²) >= 11 is 0. The first-order valence-electron chi connectivity index (χ1n) is 12.9. The number of benzene rings is 3. The lowest BCUT2D eigenvalue weighted by Crippen LogP contribution is -2.26. The van der Waals surface area contributed by atoms with Crippen LogP contribution < -0.4 is 10.0 Å². The lowest BCUT2D eigenvalue weighted by atomic mass is 10.1. The Balaban J connectivity index is 1.26. The summed E-state index contributed by atoms with van der Waals surface area (Å²) in [6, 6.07) is 23.5. The molecule has 0 radical (unpaired) electrons. The molecule has 0 amide bonds. The van der Waals surface area contributed by atoms with Crippen LogP contribution in [-0.2, 0) is 16.2 Å². The molecule has 0 unspecified atom stereocenters. The molecular weight excluding hydrogens is 567 g/mol. The summed E-state index contributed by atoms with van der Waals surface area (Å²) < 4.78 is 65.6. The Morgan fingerprint density at radius 2 is 1.57 bits per heavy atom. The van der Waals surface area contributed by atoms with Gasteiger partial charge in [-0.05, 0) is 55.0 Å². The highest BCUT2D eigenvalue weighted by atomic mass is 32.2. The summed E-state index contributed by atoms with van der Waals surface area (Å²) in [6.45, 7) is 0.447. The van der Waals surface area contributed by atoms with E-state index in [0.29, 0.717) is 30.3 Å². The summed E-state index contributed by atoms with van der Waals surface area (Å²) in [4.78, 5) is 12.3. The van der Waals surface area contributed by atoms with E-state index in [2.05, 4.69) is 20.0 Å². The third-order valence-electron chi connectivity index (χ3n) is 6.36. The fraction of sp³-hybridized carbons (Fsp3) is 0.133. The van der Waals surface area contributed by atoms with Gasteiger partial charge in [0, 0.05) is 36.0 Å². The maximum Gasteiger partial charge on any atom is 0.416 e. The van der Waals surface area contributed by atoms with Crippen LogP contribution in [0.25, 0.3) is 33.9 Å². The minimum atomic E-state index is -4.54. The van der Waals surface area contributed by atoms with E-state index >= 15 is 0 Å². The van der Waals surface area contributed by atoms with Gasteiger partial charge in [-0.25, -0.2) is 23.1 Å². The van der Waals surface area contributed by atoms with Crippen LogP contribution in [0.3, 0.4) is 0 Å². The number of rotatable bonds is 10. The number of H-pyrrole nitrogens is 1. The number of anilines is 1. The molecule has 5 rings (SSSR count). The molecule has 0 bridgehead atoms. The number of alkyl halides is 3. The molecule has 4 N–H and O–H groups in total. The fourth-order valence-corrected chi connectivity index (χ4v) is 5.35. The van der Waals surface area contributed by atoms with E-state index in [1.165, 1.54) is 0 Å². The van der Waals surface area contributed by atoms with Crippen LogP contribution in [0.5, 0.6) is 5.75 Å².